The third kappa shape index (κ3) is 1.76. The lowest BCUT2D eigenvalue weighted by atomic mass is 10.2. The summed E-state index contributed by atoms with van der Waals surface area (Å²) < 4.78 is 1.89. The third-order valence-corrected chi connectivity index (χ3v) is 2.35. The van der Waals surface area contributed by atoms with E-state index < -0.39 is 0 Å². The molecule has 0 aliphatic heterocycles. The number of carbonyl (C=O) groups excluding carboxylic acids is 2. The van der Waals surface area contributed by atoms with Crippen molar-refractivity contribution in [3.63, 3.8) is 0 Å². The molecule has 0 amide bonds. The average Bonchev–Trinajstić information content (AvgIpc) is 2.45. The van der Waals surface area contributed by atoms with Gasteiger partial charge in [0.05, 0.1) is 5.69 Å². The van der Waals surface area contributed by atoms with Crippen LogP contribution in [-0.2, 0) is 6.54 Å². The van der Waals surface area contributed by atoms with Gasteiger partial charge in [0.1, 0.15) is 0 Å². The van der Waals surface area contributed by atoms with Crippen molar-refractivity contribution in [3.05, 3.63) is 23.0 Å². The quantitative estimate of drug-likeness (QED) is 0.543. The van der Waals surface area contributed by atoms with E-state index in [1.54, 1.807) is 6.07 Å². The molecular weight excluding hydrogens is 178 g/mol. The maximum absolute atomic E-state index is 11.2. The third-order valence-electron chi connectivity index (χ3n) is 2.35. The predicted octanol–water partition coefficient (Wildman–Crippen LogP) is 2.22. The zero-order valence-corrected chi connectivity index (χ0v) is 8.83. The van der Waals surface area contributed by atoms with E-state index in [0.717, 1.165) is 24.9 Å². The molecule has 76 valence electrons. The van der Waals surface area contributed by atoms with Crippen LogP contribution in [0.1, 0.15) is 46.8 Å². The van der Waals surface area contributed by atoms with Crippen LogP contribution in [0.5, 0.6) is 0 Å². The molecule has 0 atom stereocenters. The number of hydrogen-bond donors (Lipinski definition) is 0. The Morgan fingerprint density at radius 3 is 2.64 bits per heavy atom. The minimum absolute atomic E-state index is 0.0143. The average molecular weight is 193 g/mol. The first kappa shape index (κ1) is 10.7. The van der Waals surface area contributed by atoms with Gasteiger partial charge in [-0.25, -0.2) is 0 Å². The molecule has 0 spiro atoms. The molecule has 3 heteroatoms. The van der Waals surface area contributed by atoms with Gasteiger partial charge in [-0.1, -0.05) is 6.92 Å². The molecule has 1 aromatic heterocycles. The maximum Gasteiger partial charge on any atom is 0.166 e. The molecule has 0 aliphatic carbocycles. The second-order valence-corrected chi connectivity index (χ2v) is 3.39. The maximum atomic E-state index is 11.2. The summed E-state index contributed by atoms with van der Waals surface area (Å²) in [5.41, 5.74) is 2.14. The van der Waals surface area contributed by atoms with Crippen LogP contribution in [-0.4, -0.2) is 16.6 Å². The van der Waals surface area contributed by atoms with Crippen molar-refractivity contribution in [2.75, 3.05) is 0 Å². The number of rotatable bonds is 4. The zero-order valence-electron chi connectivity index (χ0n) is 8.83. The van der Waals surface area contributed by atoms with Crippen LogP contribution in [0, 0.1) is 6.92 Å². The molecular formula is C11H15NO2. The molecule has 0 saturated carbocycles. The van der Waals surface area contributed by atoms with Gasteiger partial charge in [-0.05, 0) is 26.3 Å². The molecule has 0 saturated heterocycles. The molecule has 1 rings (SSSR count). The monoisotopic (exact) mass is 193 g/mol. The van der Waals surface area contributed by atoms with Crippen LogP contribution in [0.2, 0.25) is 0 Å². The lowest BCUT2D eigenvalue weighted by Gasteiger charge is -2.06. The predicted molar refractivity (Wildman–Crippen MR) is 54.9 cm³/mol. The Labute approximate surface area is 83.7 Å². The Bertz CT molecular complexity index is 364. The molecule has 3 nitrogen and oxygen atoms in total. The lowest BCUT2D eigenvalue weighted by Crippen LogP contribution is -2.04. The van der Waals surface area contributed by atoms with Crippen molar-refractivity contribution in [3.8, 4) is 0 Å². The highest BCUT2D eigenvalue weighted by atomic mass is 16.1. The second kappa shape index (κ2) is 4.22. The molecule has 0 unspecified atom stereocenters. The number of nitrogens with zero attached hydrogens (tertiary/aromatic N) is 1. The van der Waals surface area contributed by atoms with Gasteiger partial charge in [-0.2, -0.15) is 0 Å². The zero-order chi connectivity index (χ0) is 10.7. The fraction of sp³-hybridized carbons (Fsp3) is 0.455. The van der Waals surface area contributed by atoms with Crippen molar-refractivity contribution in [1.29, 1.82) is 0 Å². The van der Waals surface area contributed by atoms with Crippen LogP contribution in [0.3, 0.4) is 0 Å². The van der Waals surface area contributed by atoms with Crippen LogP contribution < -0.4 is 0 Å². The smallest absolute Gasteiger partial charge is 0.166 e. The SMILES string of the molecule is CCCn1c(C=O)cc(C(C)=O)c1C. The molecule has 0 aliphatic rings. The van der Waals surface area contributed by atoms with E-state index in [4.69, 9.17) is 0 Å². The van der Waals surface area contributed by atoms with Crippen LogP contribution in [0.25, 0.3) is 0 Å². The summed E-state index contributed by atoms with van der Waals surface area (Å²) in [5, 5.41) is 0. The summed E-state index contributed by atoms with van der Waals surface area (Å²) in [7, 11) is 0. The fourth-order valence-corrected chi connectivity index (χ4v) is 1.64. The number of aldehydes is 1. The highest BCUT2D eigenvalue weighted by Crippen LogP contribution is 2.15. The molecule has 0 radical (unpaired) electrons. The largest absolute Gasteiger partial charge is 0.342 e. The van der Waals surface area contributed by atoms with E-state index in [9.17, 15) is 9.59 Å². The van der Waals surface area contributed by atoms with Crippen LogP contribution in [0.4, 0.5) is 0 Å². The summed E-state index contributed by atoms with van der Waals surface area (Å²) >= 11 is 0. The normalized spacial score (nSPS) is 10.2. The number of Topliss-reactive ketones (excluding diaryl/α,β-unsaturated/α-hetero) is 1. The fourth-order valence-electron chi connectivity index (χ4n) is 1.64. The van der Waals surface area contributed by atoms with Gasteiger partial charge in [0.25, 0.3) is 0 Å². The van der Waals surface area contributed by atoms with Gasteiger partial charge >= 0.3 is 0 Å². The van der Waals surface area contributed by atoms with Gasteiger partial charge in [0, 0.05) is 17.8 Å². The first-order valence-electron chi connectivity index (χ1n) is 4.78. The molecule has 0 aromatic carbocycles. The van der Waals surface area contributed by atoms with Gasteiger partial charge in [-0.3, -0.25) is 9.59 Å². The molecule has 0 fully saturated rings. The minimum atomic E-state index is 0.0143. The minimum Gasteiger partial charge on any atom is -0.342 e. The Balaban J connectivity index is 3.24. The molecule has 1 aromatic rings. The Morgan fingerprint density at radius 2 is 2.21 bits per heavy atom. The molecule has 0 bridgehead atoms. The Morgan fingerprint density at radius 1 is 1.57 bits per heavy atom. The van der Waals surface area contributed by atoms with E-state index in [1.807, 2.05) is 18.4 Å². The molecule has 14 heavy (non-hydrogen) atoms. The second-order valence-electron chi connectivity index (χ2n) is 3.39. The number of ketones is 1. The van der Waals surface area contributed by atoms with Crippen molar-refractivity contribution in [2.24, 2.45) is 0 Å². The first-order valence-corrected chi connectivity index (χ1v) is 4.78. The van der Waals surface area contributed by atoms with E-state index in [1.165, 1.54) is 6.92 Å². The van der Waals surface area contributed by atoms with Gasteiger partial charge in [0.2, 0.25) is 0 Å². The number of aromatic nitrogens is 1. The topological polar surface area (TPSA) is 39.1 Å². The summed E-state index contributed by atoms with van der Waals surface area (Å²) in [4.78, 5) is 22.0. The Kier molecular flexibility index (Phi) is 3.23. The van der Waals surface area contributed by atoms with Gasteiger partial charge in [-0.15, -0.1) is 0 Å². The lowest BCUT2D eigenvalue weighted by molar-refractivity contribution is 0.101. The first-order chi connectivity index (χ1) is 6.61. The van der Waals surface area contributed by atoms with Crippen molar-refractivity contribution in [2.45, 2.75) is 33.7 Å². The number of carbonyl (C=O) groups is 2. The van der Waals surface area contributed by atoms with Gasteiger partial charge in [0.15, 0.2) is 12.1 Å². The van der Waals surface area contributed by atoms with E-state index >= 15 is 0 Å². The number of hydrogen-bond acceptors (Lipinski definition) is 2. The Hall–Kier alpha value is -1.38. The summed E-state index contributed by atoms with van der Waals surface area (Å²) in [6.07, 6.45) is 1.75. The van der Waals surface area contributed by atoms with E-state index in [-0.39, 0.29) is 5.78 Å². The van der Waals surface area contributed by atoms with Gasteiger partial charge < -0.3 is 4.57 Å². The van der Waals surface area contributed by atoms with Crippen molar-refractivity contribution < 1.29 is 9.59 Å². The van der Waals surface area contributed by atoms with Crippen LogP contribution >= 0.6 is 0 Å². The van der Waals surface area contributed by atoms with E-state index in [2.05, 4.69) is 0 Å². The van der Waals surface area contributed by atoms with Crippen molar-refractivity contribution >= 4 is 12.1 Å². The van der Waals surface area contributed by atoms with Crippen molar-refractivity contribution in [1.82, 2.24) is 4.57 Å². The summed E-state index contributed by atoms with van der Waals surface area (Å²) in [6.45, 7) is 6.22. The standard InChI is InChI=1S/C11H15NO2/c1-4-5-12-8(2)11(9(3)14)6-10(12)7-13/h6-7H,4-5H2,1-3H3. The molecule has 1 heterocycles. The highest BCUT2D eigenvalue weighted by molar-refractivity contribution is 5.97. The highest BCUT2D eigenvalue weighted by Gasteiger charge is 2.13. The molecule has 0 N–H and O–H groups in total. The summed E-state index contributed by atoms with van der Waals surface area (Å²) in [5.74, 6) is 0.0143. The van der Waals surface area contributed by atoms with Crippen LogP contribution in [0.15, 0.2) is 6.07 Å². The summed E-state index contributed by atoms with van der Waals surface area (Å²) in [6, 6.07) is 1.67. The van der Waals surface area contributed by atoms with E-state index in [0.29, 0.717) is 11.3 Å².